The molecule has 9 nitrogen and oxygen atoms in total. The van der Waals surface area contributed by atoms with Crippen molar-refractivity contribution in [3.8, 4) is 12.0 Å². The van der Waals surface area contributed by atoms with Crippen molar-refractivity contribution in [2.75, 3.05) is 5.32 Å². The molecule has 3 rings (SSSR count). The van der Waals surface area contributed by atoms with Crippen LogP contribution in [0.4, 0.5) is 10.5 Å². The van der Waals surface area contributed by atoms with Gasteiger partial charge >= 0.3 is 6.03 Å². The van der Waals surface area contributed by atoms with Crippen molar-refractivity contribution in [3.05, 3.63) is 60.4 Å². The minimum Gasteiger partial charge on any atom is -0.328 e. The smallest absolute Gasteiger partial charge is 0.319 e. The number of para-hydroxylation sites is 1. The maximum Gasteiger partial charge on any atom is 0.319 e. The zero-order valence-electron chi connectivity index (χ0n) is 13.3. The lowest BCUT2D eigenvalue weighted by atomic mass is 10.2. The minimum absolute atomic E-state index is 0.360. The number of urea groups is 1. The molecule has 2 heterocycles. The van der Waals surface area contributed by atoms with Crippen LogP contribution in [0.25, 0.3) is 5.95 Å². The van der Waals surface area contributed by atoms with E-state index in [1.807, 2.05) is 6.07 Å². The average molecular weight is 334 g/mol. The maximum atomic E-state index is 12.2. The number of benzene rings is 1. The number of nitriles is 1. The predicted molar refractivity (Wildman–Crippen MR) is 88.7 cm³/mol. The molecule has 2 N–H and O–H groups in total. The first-order chi connectivity index (χ1) is 12.2. The highest BCUT2D eigenvalue weighted by molar-refractivity contribution is 5.90. The number of nitrogens with one attached hydrogen (secondary N) is 2. The molecule has 0 spiro atoms. The normalized spacial score (nSPS) is 11.4. The molecule has 0 aliphatic carbocycles. The third kappa shape index (κ3) is 3.59. The van der Waals surface area contributed by atoms with Crippen LogP contribution in [0, 0.1) is 11.3 Å². The lowest BCUT2D eigenvalue weighted by Crippen LogP contribution is -2.33. The van der Waals surface area contributed by atoms with E-state index in [2.05, 4.69) is 30.7 Å². The van der Waals surface area contributed by atoms with Crippen LogP contribution >= 0.6 is 0 Å². The van der Waals surface area contributed by atoms with Gasteiger partial charge in [0.1, 0.15) is 12.4 Å². The molecule has 1 atom stereocenters. The first-order valence-corrected chi connectivity index (χ1v) is 7.43. The van der Waals surface area contributed by atoms with Gasteiger partial charge in [-0.25, -0.2) is 19.7 Å². The topological polar surface area (TPSA) is 121 Å². The van der Waals surface area contributed by atoms with Gasteiger partial charge in [-0.15, -0.1) is 0 Å². The summed E-state index contributed by atoms with van der Waals surface area (Å²) in [6.45, 7) is 1.76. The summed E-state index contributed by atoms with van der Waals surface area (Å²) in [4.78, 5) is 24.6. The van der Waals surface area contributed by atoms with Crippen molar-refractivity contribution in [3.63, 3.8) is 0 Å². The van der Waals surface area contributed by atoms with Crippen molar-refractivity contribution in [2.24, 2.45) is 0 Å². The lowest BCUT2D eigenvalue weighted by molar-refractivity contribution is 0.248. The van der Waals surface area contributed by atoms with Crippen LogP contribution in [-0.4, -0.2) is 30.8 Å². The van der Waals surface area contributed by atoms with Gasteiger partial charge in [0, 0.05) is 12.4 Å². The molecule has 0 radical (unpaired) electrons. The Kier molecular flexibility index (Phi) is 4.62. The number of aromatic nitrogens is 5. The van der Waals surface area contributed by atoms with E-state index >= 15 is 0 Å². The molecule has 25 heavy (non-hydrogen) atoms. The Balaban J connectivity index is 1.73. The van der Waals surface area contributed by atoms with Crippen LogP contribution in [0.5, 0.6) is 0 Å². The van der Waals surface area contributed by atoms with Gasteiger partial charge in [0.05, 0.1) is 17.3 Å². The molecular weight excluding hydrogens is 320 g/mol. The van der Waals surface area contributed by atoms with E-state index in [1.54, 1.807) is 49.6 Å². The molecule has 3 aromatic rings. The highest BCUT2D eigenvalue weighted by Gasteiger charge is 2.18. The molecule has 0 bridgehead atoms. The number of rotatable bonds is 4. The van der Waals surface area contributed by atoms with Crippen LogP contribution in [0.15, 0.2) is 49.1 Å². The van der Waals surface area contributed by atoms with Gasteiger partial charge in [0.25, 0.3) is 5.95 Å². The molecule has 0 saturated carbocycles. The Labute approximate surface area is 143 Å². The molecule has 0 fully saturated rings. The first-order valence-electron chi connectivity index (χ1n) is 7.43. The first kappa shape index (κ1) is 16.1. The SMILES string of the molecule is CC(NC(=O)Nc1ccccc1C#N)c1ncnn1-c1ncccn1. The third-order valence-electron chi connectivity index (χ3n) is 3.35. The largest absolute Gasteiger partial charge is 0.328 e. The second kappa shape index (κ2) is 7.18. The van der Waals surface area contributed by atoms with Crippen LogP contribution in [-0.2, 0) is 0 Å². The van der Waals surface area contributed by atoms with E-state index in [0.29, 0.717) is 23.0 Å². The van der Waals surface area contributed by atoms with E-state index < -0.39 is 12.1 Å². The van der Waals surface area contributed by atoms with Gasteiger partial charge in [0.15, 0.2) is 5.82 Å². The molecule has 2 aromatic heterocycles. The van der Waals surface area contributed by atoms with E-state index in [9.17, 15) is 4.79 Å². The molecule has 0 aliphatic heterocycles. The molecule has 1 aromatic carbocycles. The van der Waals surface area contributed by atoms with Gasteiger partial charge in [0.2, 0.25) is 0 Å². The Morgan fingerprint density at radius 3 is 2.72 bits per heavy atom. The summed E-state index contributed by atoms with van der Waals surface area (Å²) >= 11 is 0. The van der Waals surface area contributed by atoms with E-state index in [4.69, 9.17) is 5.26 Å². The summed E-state index contributed by atoms with van der Waals surface area (Å²) in [6.07, 6.45) is 4.56. The molecule has 2 amide bonds. The maximum absolute atomic E-state index is 12.2. The van der Waals surface area contributed by atoms with Crippen molar-refractivity contribution >= 4 is 11.7 Å². The van der Waals surface area contributed by atoms with Gasteiger partial charge in [-0.05, 0) is 25.1 Å². The Morgan fingerprint density at radius 2 is 1.96 bits per heavy atom. The Hall–Kier alpha value is -3.80. The highest BCUT2D eigenvalue weighted by Crippen LogP contribution is 2.15. The van der Waals surface area contributed by atoms with Crippen molar-refractivity contribution in [1.29, 1.82) is 5.26 Å². The number of carbonyl (C=O) groups excluding carboxylic acids is 1. The number of hydrogen-bond donors (Lipinski definition) is 2. The van der Waals surface area contributed by atoms with E-state index in [0.717, 1.165) is 0 Å². The predicted octanol–water partition coefficient (Wildman–Crippen LogP) is 1.81. The zero-order chi connectivity index (χ0) is 17.6. The highest BCUT2D eigenvalue weighted by atomic mass is 16.2. The summed E-state index contributed by atoms with van der Waals surface area (Å²) in [5.74, 6) is 0.841. The van der Waals surface area contributed by atoms with E-state index in [1.165, 1.54) is 11.0 Å². The molecule has 124 valence electrons. The van der Waals surface area contributed by atoms with Crippen molar-refractivity contribution in [1.82, 2.24) is 30.0 Å². The molecule has 1 unspecified atom stereocenters. The minimum atomic E-state index is -0.460. The number of nitrogens with zero attached hydrogens (tertiary/aromatic N) is 6. The van der Waals surface area contributed by atoms with Crippen LogP contribution in [0.3, 0.4) is 0 Å². The van der Waals surface area contributed by atoms with Crippen LogP contribution < -0.4 is 10.6 Å². The third-order valence-corrected chi connectivity index (χ3v) is 3.35. The molecule has 0 aliphatic rings. The summed E-state index contributed by atoms with van der Waals surface area (Å²) in [6, 6.07) is 9.56. The fraction of sp³-hybridized carbons (Fsp3) is 0.125. The summed E-state index contributed by atoms with van der Waals surface area (Å²) < 4.78 is 1.45. The molecule has 0 saturated heterocycles. The van der Waals surface area contributed by atoms with Gasteiger partial charge in [-0.2, -0.15) is 15.0 Å². The van der Waals surface area contributed by atoms with Gasteiger partial charge in [-0.3, -0.25) is 0 Å². The fourth-order valence-corrected chi connectivity index (χ4v) is 2.21. The molecule has 9 heteroatoms. The van der Waals surface area contributed by atoms with Crippen LogP contribution in [0.1, 0.15) is 24.4 Å². The van der Waals surface area contributed by atoms with Crippen LogP contribution in [0.2, 0.25) is 0 Å². The molecular formula is C16H14N8O. The monoisotopic (exact) mass is 334 g/mol. The summed E-state index contributed by atoms with van der Waals surface area (Å²) in [5, 5.41) is 18.6. The Morgan fingerprint density at radius 1 is 1.20 bits per heavy atom. The van der Waals surface area contributed by atoms with Crippen molar-refractivity contribution < 1.29 is 4.79 Å². The summed E-state index contributed by atoms with van der Waals surface area (Å²) in [7, 11) is 0. The zero-order valence-corrected chi connectivity index (χ0v) is 13.3. The lowest BCUT2D eigenvalue weighted by Gasteiger charge is -2.15. The second-order valence-electron chi connectivity index (χ2n) is 5.06. The van der Waals surface area contributed by atoms with Gasteiger partial charge < -0.3 is 10.6 Å². The number of anilines is 1. The standard InChI is InChI=1S/C16H14N8O/c1-11(14-20-10-21-24(14)15-18-7-4-8-19-15)22-16(25)23-13-6-3-2-5-12(13)9-17/h2-8,10-11H,1H3,(H2,22,23,25). The second-order valence-corrected chi connectivity index (χ2v) is 5.06. The average Bonchev–Trinajstić information content (AvgIpc) is 3.13. The van der Waals surface area contributed by atoms with Gasteiger partial charge in [-0.1, -0.05) is 12.1 Å². The van der Waals surface area contributed by atoms with Crippen molar-refractivity contribution in [2.45, 2.75) is 13.0 Å². The summed E-state index contributed by atoms with van der Waals surface area (Å²) in [5.41, 5.74) is 0.814. The fourth-order valence-electron chi connectivity index (χ4n) is 2.21. The quantitative estimate of drug-likeness (QED) is 0.750. The Bertz CT molecular complexity index is 915. The number of hydrogen-bond acceptors (Lipinski definition) is 6. The number of carbonyl (C=O) groups is 1. The van der Waals surface area contributed by atoms with E-state index in [-0.39, 0.29) is 0 Å². The number of amides is 2.